The number of anilines is 1. The first-order chi connectivity index (χ1) is 12.8. The maximum Gasteiger partial charge on any atom is 0.337 e. The standard InChI is InChI=1S/C18H18FNO6S/c1-3-26-17(21)12-20(15-8-6-14(19)7-9-15)27(23,24)16-10-4-13(5-11-16)18(22)25-2/h4-11H,3,12H2,1-2H3. The predicted octanol–water partition coefficient (Wildman–Crippen LogP) is 2.37. The Hall–Kier alpha value is -2.94. The van der Waals surface area contributed by atoms with E-state index in [2.05, 4.69) is 4.74 Å². The largest absolute Gasteiger partial charge is 0.465 e. The fraction of sp³-hybridized carbons (Fsp3) is 0.222. The van der Waals surface area contributed by atoms with Gasteiger partial charge in [-0.2, -0.15) is 0 Å². The first-order valence-electron chi connectivity index (χ1n) is 7.92. The Morgan fingerprint density at radius 3 is 2.15 bits per heavy atom. The molecule has 0 saturated carbocycles. The molecule has 0 amide bonds. The SMILES string of the molecule is CCOC(=O)CN(c1ccc(F)cc1)S(=O)(=O)c1ccc(C(=O)OC)cc1. The summed E-state index contributed by atoms with van der Waals surface area (Å²) < 4.78 is 49.5. The zero-order chi connectivity index (χ0) is 20.0. The summed E-state index contributed by atoms with van der Waals surface area (Å²) in [6, 6.07) is 9.71. The number of ether oxygens (including phenoxy) is 2. The molecule has 27 heavy (non-hydrogen) atoms. The summed E-state index contributed by atoms with van der Waals surface area (Å²) in [6.45, 7) is 1.10. The Balaban J connectivity index is 2.44. The van der Waals surface area contributed by atoms with Crippen molar-refractivity contribution in [1.82, 2.24) is 0 Å². The number of hydrogen-bond acceptors (Lipinski definition) is 6. The van der Waals surface area contributed by atoms with Crippen LogP contribution in [0.2, 0.25) is 0 Å². The van der Waals surface area contributed by atoms with Gasteiger partial charge in [-0.05, 0) is 55.5 Å². The highest BCUT2D eigenvalue weighted by atomic mass is 32.2. The van der Waals surface area contributed by atoms with Gasteiger partial charge in [0.15, 0.2) is 0 Å². The summed E-state index contributed by atoms with van der Waals surface area (Å²) in [4.78, 5) is 23.2. The van der Waals surface area contributed by atoms with Gasteiger partial charge in [0.25, 0.3) is 10.0 Å². The molecule has 2 rings (SSSR count). The maximum atomic E-state index is 13.2. The second kappa shape index (κ2) is 8.63. The molecule has 0 unspecified atom stereocenters. The number of sulfonamides is 1. The highest BCUT2D eigenvalue weighted by Gasteiger charge is 2.28. The van der Waals surface area contributed by atoms with Crippen LogP contribution in [0.15, 0.2) is 53.4 Å². The minimum absolute atomic E-state index is 0.0873. The number of nitrogens with zero attached hydrogens (tertiary/aromatic N) is 1. The number of halogens is 1. The topological polar surface area (TPSA) is 90.0 Å². The van der Waals surface area contributed by atoms with Gasteiger partial charge in [0.1, 0.15) is 12.4 Å². The van der Waals surface area contributed by atoms with Crippen molar-refractivity contribution in [3.63, 3.8) is 0 Å². The van der Waals surface area contributed by atoms with Gasteiger partial charge in [-0.1, -0.05) is 0 Å². The molecular weight excluding hydrogens is 377 g/mol. The zero-order valence-corrected chi connectivity index (χ0v) is 15.5. The smallest absolute Gasteiger partial charge is 0.337 e. The zero-order valence-electron chi connectivity index (χ0n) is 14.7. The van der Waals surface area contributed by atoms with Crippen LogP contribution in [0, 0.1) is 5.82 Å². The van der Waals surface area contributed by atoms with Gasteiger partial charge in [-0.25, -0.2) is 17.6 Å². The number of rotatable bonds is 7. The summed E-state index contributed by atoms with van der Waals surface area (Å²) in [7, 11) is -2.96. The van der Waals surface area contributed by atoms with Gasteiger partial charge in [-0.3, -0.25) is 9.10 Å². The van der Waals surface area contributed by atoms with Crippen molar-refractivity contribution in [2.45, 2.75) is 11.8 Å². The van der Waals surface area contributed by atoms with Crippen LogP contribution in [-0.4, -0.2) is 40.6 Å². The second-order valence-electron chi connectivity index (χ2n) is 5.31. The van der Waals surface area contributed by atoms with E-state index in [1.807, 2.05) is 0 Å². The molecule has 0 aliphatic rings. The van der Waals surface area contributed by atoms with Gasteiger partial charge in [0, 0.05) is 0 Å². The molecule has 0 atom stereocenters. The molecule has 9 heteroatoms. The molecule has 0 aliphatic heterocycles. The van der Waals surface area contributed by atoms with E-state index in [9.17, 15) is 22.4 Å². The van der Waals surface area contributed by atoms with E-state index in [0.29, 0.717) is 0 Å². The number of carbonyl (C=O) groups excluding carboxylic acids is 2. The number of hydrogen-bond donors (Lipinski definition) is 0. The lowest BCUT2D eigenvalue weighted by Crippen LogP contribution is -2.36. The first-order valence-corrected chi connectivity index (χ1v) is 9.36. The summed E-state index contributed by atoms with van der Waals surface area (Å²) in [5.74, 6) is -1.91. The molecule has 0 heterocycles. The van der Waals surface area contributed by atoms with E-state index in [-0.39, 0.29) is 22.8 Å². The molecule has 0 saturated heterocycles. The van der Waals surface area contributed by atoms with Crippen molar-refractivity contribution in [3.05, 3.63) is 59.9 Å². The van der Waals surface area contributed by atoms with E-state index in [1.165, 1.54) is 43.5 Å². The van der Waals surface area contributed by atoms with Crippen molar-refractivity contribution in [2.75, 3.05) is 24.6 Å². The van der Waals surface area contributed by atoms with Crippen LogP contribution >= 0.6 is 0 Å². The summed E-state index contributed by atoms with van der Waals surface area (Å²) in [6.07, 6.45) is 0. The molecule has 0 radical (unpaired) electrons. The van der Waals surface area contributed by atoms with Crippen molar-refractivity contribution in [3.8, 4) is 0 Å². The fourth-order valence-corrected chi connectivity index (χ4v) is 3.66. The molecule has 144 valence electrons. The maximum absolute atomic E-state index is 13.2. The van der Waals surface area contributed by atoms with E-state index in [4.69, 9.17) is 4.74 Å². The third-order valence-electron chi connectivity index (χ3n) is 3.56. The lowest BCUT2D eigenvalue weighted by molar-refractivity contribution is -0.141. The molecule has 2 aromatic carbocycles. The third-order valence-corrected chi connectivity index (χ3v) is 5.34. The summed E-state index contributed by atoms with van der Waals surface area (Å²) in [5, 5.41) is 0. The molecule has 0 aliphatic carbocycles. The van der Waals surface area contributed by atoms with Crippen molar-refractivity contribution >= 4 is 27.6 Å². The minimum atomic E-state index is -4.17. The highest BCUT2D eigenvalue weighted by molar-refractivity contribution is 7.92. The van der Waals surface area contributed by atoms with Gasteiger partial charge < -0.3 is 9.47 Å². The van der Waals surface area contributed by atoms with Gasteiger partial charge in [-0.15, -0.1) is 0 Å². The van der Waals surface area contributed by atoms with Gasteiger partial charge in [0.2, 0.25) is 0 Å². The molecule has 0 bridgehead atoms. The molecule has 0 spiro atoms. The summed E-state index contributed by atoms with van der Waals surface area (Å²) >= 11 is 0. The molecule has 0 aromatic heterocycles. The fourth-order valence-electron chi connectivity index (χ4n) is 2.25. The predicted molar refractivity (Wildman–Crippen MR) is 95.3 cm³/mol. The Bertz CT molecular complexity index is 910. The Morgan fingerprint density at radius 1 is 1.04 bits per heavy atom. The van der Waals surface area contributed by atoms with Gasteiger partial charge >= 0.3 is 11.9 Å². The number of benzene rings is 2. The number of esters is 2. The highest BCUT2D eigenvalue weighted by Crippen LogP contribution is 2.24. The number of carbonyl (C=O) groups is 2. The third kappa shape index (κ3) is 4.82. The van der Waals surface area contributed by atoms with Crippen LogP contribution in [0.4, 0.5) is 10.1 Å². The summed E-state index contributed by atoms with van der Waals surface area (Å²) in [5.41, 5.74) is 0.275. The van der Waals surface area contributed by atoms with E-state index >= 15 is 0 Å². The van der Waals surface area contributed by atoms with Crippen molar-refractivity contribution in [2.24, 2.45) is 0 Å². The molecule has 2 aromatic rings. The second-order valence-corrected chi connectivity index (χ2v) is 7.17. The minimum Gasteiger partial charge on any atom is -0.465 e. The average Bonchev–Trinajstić information content (AvgIpc) is 2.66. The van der Waals surface area contributed by atoms with Crippen LogP contribution in [-0.2, 0) is 24.3 Å². The first kappa shape index (κ1) is 20.4. The van der Waals surface area contributed by atoms with Crippen LogP contribution in [0.5, 0.6) is 0 Å². The lowest BCUT2D eigenvalue weighted by Gasteiger charge is -2.23. The normalized spacial score (nSPS) is 10.9. The van der Waals surface area contributed by atoms with Gasteiger partial charge in [0.05, 0.1) is 29.9 Å². The quantitative estimate of drug-likeness (QED) is 0.669. The number of methoxy groups -OCH3 is 1. The van der Waals surface area contributed by atoms with Crippen molar-refractivity contribution < 1.29 is 31.9 Å². The van der Waals surface area contributed by atoms with Crippen LogP contribution < -0.4 is 4.31 Å². The monoisotopic (exact) mass is 395 g/mol. The van der Waals surface area contributed by atoms with Crippen LogP contribution in [0.3, 0.4) is 0 Å². The van der Waals surface area contributed by atoms with Crippen molar-refractivity contribution in [1.29, 1.82) is 0 Å². The molecule has 0 N–H and O–H groups in total. The molecular formula is C18H18FNO6S. The average molecular weight is 395 g/mol. The lowest BCUT2D eigenvalue weighted by atomic mass is 10.2. The van der Waals surface area contributed by atoms with E-state index in [0.717, 1.165) is 16.4 Å². The molecule has 7 nitrogen and oxygen atoms in total. The Morgan fingerprint density at radius 2 is 1.63 bits per heavy atom. The Labute approximate surface area is 156 Å². The van der Waals surface area contributed by atoms with Crippen LogP contribution in [0.1, 0.15) is 17.3 Å². The Kier molecular flexibility index (Phi) is 6.51. The van der Waals surface area contributed by atoms with E-state index in [1.54, 1.807) is 6.92 Å². The van der Waals surface area contributed by atoms with E-state index < -0.39 is 34.3 Å². The molecule has 0 fully saturated rings. The van der Waals surface area contributed by atoms with Crippen LogP contribution in [0.25, 0.3) is 0 Å².